The Morgan fingerprint density at radius 3 is 3.25 bits per heavy atom. The number of benzene rings is 1. The molecule has 1 aromatic heterocycles. The minimum atomic E-state index is -0.0509. The van der Waals surface area contributed by atoms with Crippen LogP contribution >= 0.6 is 0 Å². The lowest BCUT2D eigenvalue weighted by Crippen LogP contribution is -2.28. The molecule has 104 valence electrons. The second-order valence-corrected chi connectivity index (χ2v) is 4.70. The molecule has 0 aliphatic carbocycles. The second-order valence-electron chi connectivity index (χ2n) is 4.70. The molecule has 6 heteroatoms. The average Bonchev–Trinajstić information content (AvgIpc) is 3.00. The molecule has 2 N–H and O–H groups in total. The fourth-order valence-electron chi connectivity index (χ4n) is 2.41. The van der Waals surface area contributed by atoms with Crippen LogP contribution in [0.4, 0.5) is 5.69 Å². The van der Waals surface area contributed by atoms with E-state index in [-0.39, 0.29) is 5.91 Å². The van der Waals surface area contributed by atoms with Crippen LogP contribution in [0, 0.1) is 0 Å². The summed E-state index contributed by atoms with van der Waals surface area (Å²) in [7, 11) is 0. The Kier molecular flexibility index (Phi) is 3.62. The number of nitrogens with one attached hydrogen (secondary N) is 2. The molecule has 0 atom stereocenters. The van der Waals surface area contributed by atoms with Gasteiger partial charge in [-0.05, 0) is 30.5 Å². The van der Waals surface area contributed by atoms with Crippen molar-refractivity contribution in [1.82, 2.24) is 15.5 Å². The van der Waals surface area contributed by atoms with Crippen LogP contribution in [-0.4, -0.2) is 29.1 Å². The molecule has 6 nitrogen and oxygen atoms in total. The molecule has 20 heavy (non-hydrogen) atoms. The van der Waals surface area contributed by atoms with Crippen LogP contribution in [0.5, 0.6) is 0 Å². The Morgan fingerprint density at radius 1 is 1.45 bits per heavy atom. The minimum absolute atomic E-state index is 0.0509. The molecule has 1 aromatic carbocycles. The Hall–Kier alpha value is -2.37. The van der Waals surface area contributed by atoms with E-state index in [2.05, 4.69) is 20.8 Å². The van der Waals surface area contributed by atoms with Gasteiger partial charge in [0.1, 0.15) is 0 Å². The normalized spacial score (nSPS) is 13.4. The second kappa shape index (κ2) is 5.73. The lowest BCUT2D eigenvalue weighted by atomic mass is 9.97. The third kappa shape index (κ3) is 2.64. The van der Waals surface area contributed by atoms with E-state index < -0.39 is 0 Å². The maximum Gasteiger partial charge on any atom is 0.251 e. The summed E-state index contributed by atoms with van der Waals surface area (Å²) in [6.07, 6.45) is 3.89. The van der Waals surface area contributed by atoms with Gasteiger partial charge in [0.2, 0.25) is 5.89 Å². The van der Waals surface area contributed by atoms with Crippen LogP contribution in [0.3, 0.4) is 0 Å². The smallest absolute Gasteiger partial charge is 0.251 e. The molecule has 3 rings (SSSR count). The SMILES string of the molecule is O=C(NCCc1ncno1)c1cccc2c1CCCN2. The highest BCUT2D eigenvalue weighted by atomic mass is 16.5. The number of amides is 1. The van der Waals surface area contributed by atoms with Gasteiger partial charge in [0, 0.05) is 30.8 Å². The molecule has 0 saturated heterocycles. The van der Waals surface area contributed by atoms with E-state index in [9.17, 15) is 4.79 Å². The molecule has 1 aliphatic heterocycles. The van der Waals surface area contributed by atoms with E-state index in [4.69, 9.17) is 4.52 Å². The zero-order chi connectivity index (χ0) is 13.8. The van der Waals surface area contributed by atoms with E-state index in [0.29, 0.717) is 18.9 Å². The van der Waals surface area contributed by atoms with Crippen LogP contribution in [-0.2, 0) is 12.8 Å². The molecule has 0 unspecified atom stereocenters. The van der Waals surface area contributed by atoms with Gasteiger partial charge < -0.3 is 15.2 Å². The third-order valence-corrected chi connectivity index (χ3v) is 3.37. The molecule has 0 saturated carbocycles. The summed E-state index contributed by atoms with van der Waals surface area (Å²) >= 11 is 0. The van der Waals surface area contributed by atoms with Crippen molar-refractivity contribution in [2.45, 2.75) is 19.3 Å². The first kappa shape index (κ1) is 12.7. The fraction of sp³-hybridized carbons (Fsp3) is 0.357. The average molecular weight is 272 g/mol. The third-order valence-electron chi connectivity index (χ3n) is 3.37. The van der Waals surface area contributed by atoms with Gasteiger partial charge in [-0.25, -0.2) is 0 Å². The lowest BCUT2D eigenvalue weighted by Gasteiger charge is -2.20. The zero-order valence-electron chi connectivity index (χ0n) is 11.1. The first-order valence-electron chi connectivity index (χ1n) is 6.74. The number of rotatable bonds is 4. The summed E-state index contributed by atoms with van der Waals surface area (Å²) in [5.74, 6) is 0.479. The maximum atomic E-state index is 12.2. The summed E-state index contributed by atoms with van der Waals surface area (Å²) < 4.78 is 4.89. The zero-order valence-corrected chi connectivity index (χ0v) is 11.1. The molecule has 0 bridgehead atoms. The van der Waals surface area contributed by atoms with Crippen molar-refractivity contribution >= 4 is 11.6 Å². The van der Waals surface area contributed by atoms with Crippen molar-refractivity contribution in [2.24, 2.45) is 0 Å². The first-order chi connectivity index (χ1) is 9.84. The highest BCUT2D eigenvalue weighted by molar-refractivity contribution is 5.97. The van der Waals surface area contributed by atoms with Crippen LogP contribution < -0.4 is 10.6 Å². The van der Waals surface area contributed by atoms with Crippen LogP contribution in [0.2, 0.25) is 0 Å². The van der Waals surface area contributed by atoms with Gasteiger partial charge in [-0.1, -0.05) is 11.2 Å². The molecular formula is C14H16N4O2. The molecule has 1 aliphatic rings. The minimum Gasteiger partial charge on any atom is -0.385 e. The molecule has 1 amide bonds. The van der Waals surface area contributed by atoms with Gasteiger partial charge in [0.05, 0.1) is 0 Å². The van der Waals surface area contributed by atoms with Gasteiger partial charge >= 0.3 is 0 Å². The Balaban J connectivity index is 1.65. The largest absolute Gasteiger partial charge is 0.385 e. The molecule has 2 heterocycles. The van der Waals surface area contributed by atoms with Crippen molar-refractivity contribution in [1.29, 1.82) is 0 Å². The van der Waals surface area contributed by atoms with E-state index >= 15 is 0 Å². The topological polar surface area (TPSA) is 80.1 Å². The predicted molar refractivity (Wildman–Crippen MR) is 73.6 cm³/mol. The van der Waals surface area contributed by atoms with Gasteiger partial charge in [0.15, 0.2) is 6.33 Å². The highest BCUT2D eigenvalue weighted by Gasteiger charge is 2.17. The number of carbonyl (C=O) groups excluding carboxylic acids is 1. The van der Waals surface area contributed by atoms with Gasteiger partial charge in [-0.3, -0.25) is 4.79 Å². The van der Waals surface area contributed by atoms with Gasteiger partial charge in [-0.15, -0.1) is 0 Å². The Bertz CT molecular complexity index is 595. The number of nitrogens with zero attached hydrogens (tertiary/aromatic N) is 2. The monoisotopic (exact) mass is 272 g/mol. The van der Waals surface area contributed by atoms with Crippen molar-refractivity contribution < 1.29 is 9.32 Å². The Morgan fingerprint density at radius 2 is 2.40 bits per heavy atom. The molecule has 2 aromatic rings. The number of fused-ring (bicyclic) bond motifs is 1. The number of hydrogen-bond donors (Lipinski definition) is 2. The number of aromatic nitrogens is 2. The number of anilines is 1. The first-order valence-corrected chi connectivity index (χ1v) is 6.74. The maximum absolute atomic E-state index is 12.2. The number of carbonyl (C=O) groups is 1. The van der Waals surface area contributed by atoms with Crippen LogP contribution in [0.25, 0.3) is 0 Å². The van der Waals surface area contributed by atoms with Crippen molar-refractivity contribution in [3.05, 3.63) is 41.5 Å². The lowest BCUT2D eigenvalue weighted by molar-refractivity contribution is 0.0952. The van der Waals surface area contributed by atoms with E-state index in [1.807, 2.05) is 18.2 Å². The number of hydrogen-bond acceptors (Lipinski definition) is 5. The van der Waals surface area contributed by atoms with E-state index in [1.54, 1.807) is 0 Å². The summed E-state index contributed by atoms with van der Waals surface area (Å²) in [5, 5.41) is 9.74. The Labute approximate surface area is 116 Å². The molecule has 0 fully saturated rings. The summed E-state index contributed by atoms with van der Waals surface area (Å²) in [6, 6.07) is 5.79. The van der Waals surface area contributed by atoms with Crippen LogP contribution in [0.15, 0.2) is 29.0 Å². The van der Waals surface area contributed by atoms with E-state index in [1.165, 1.54) is 6.33 Å². The standard InChI is InChI=1S/C14H16N4O2/c19-14(16-8-6-13-17-9-18-20-13)11-3-1-5-12-10(11)4-2-7-15-12/h1,3,5,9,15H,2,4,6-8H2,(H,16,19). The van der Waals surface area contributed by atoms with Gasteiger partial charge in [-0.2, -0.15) is 4.98 Å². The highest BCUT2D eigenvalue weighted by Crippen LogP contribution is 2.25. The molecule has 0 spiro atoms. The van der Waals surface area contributed by atoms with Crippen molar-refractivity contribution in [3.8, 4) is 0 Å². The van der Waals surface area contributed by atoms with E-state index in [0.717, 1.165) is 36.2 Å². The van der Waals surface area contributed by atoms with Crippen LogP contribution in [0.1, 0.15) is 28.2 Å². The fourth-order valence-corrected chi connectivity index (χ4v) is 2.41. The quantitative estimate of drug-likeness (QED) is 0.879. The van der Waals surface area contributed by atoms with Crippen molar-refractivity contribution in [2.75, 3.05) is 18.4 Å². The molecule has 0 radical (unpaired) electrons. The van der Waals surface area contributed by atoms with Gasteiger partial charge in [0.25, 0.3) is 5.91 Å². The van der Waals surface area contributed by atoms with Crippen molar-refractivity contribution in [3.63, 3.8) is 0 Å². The summed E-state index contributed by atoms with van der Waals surface area (Å²) in [5.41, 5.74) is 2.93. The summed E-state index contributed by atoms with van der Waals surface area (Å²) in [6.45, 7) is 1.45. The summed E-state index contributed by atoms with van der Waals surface area (Å²) in [4.78, 5) is 16.2. The molecular weight excluding hydrogens is 256 g/mol. The predicted octanol–water partition coefficient (Wildman–Crippen LogP) is 1.40.